The molecular formula is C16H11BrClNO2. The molecule has 0 saturated heterocycles. The fourth-order valence-corrected chi connectivity index (χ4v) is 2.59. The van der Waals surface area contributed by atoms with E-state index in [4.69, 9.17) is 16.3 Å². The number of Topliss-reactive ketones (excluding diaryl/α,β-unsaturated/α-hetero) is 1. The number of hydrogen-bond acceptors (Lipinski definition) is 3. The van der Waals surface area contributed by atoms with E-state index in [1.165, 1.54) is 7.11 Å². The van der Waals surface area contributed by atoms with Crippen LogP contribution in [0.15, 0.2) is 46.9 Å². The average molecular weight is 365 g/mol. The number of nitrogens with zero attached hydrogens (tertiary/aromatic N) is 1. The molecule has 0 aliphatic rings. The zero-order valence-corrected chi connectivity index (χ0v) is 13.5. The van der Waals surface area contributed by atoms with Gasteiger partial charge in [-0.25, -0.2) is 0 Å². The van der Waals surface area contributed by atoms with Crippen LogP contribution in [0.5, 0.6) is 5.75 Å². The summed E-state index contributed by atoms with van der Waals surface area (Å²) in [4.78, 5) is 12.6. The Balaban J connectivity index is 2.48. The summed E-state index contributed by atoms with van der Waals surface area (Å²) in [5.41, 5.74) is 0.926. The lowest BCUT2D eigenvalue weighted by molar-refractivity contribution is 0.0977. The van der Waals surface area contributed by atoms with Gasteiger partial charge in [-0.05, 0) is 30.3 Å². The van der Waals surface area contributed by atoms with Crippen molar-refractivity contribution >= 4 is 33.3 Å². The quantitative estimate of drug-likeness (QED) is 0.745. The summed E-state index contributed by atoms with van der Waals surface area (Å²) in [5, 5.41) is 9.86. The van der Waals surface area contributed by atoms with Crippen molar-refractivity contribution in [2.75, 3.05) is 7.11 Å². The molecule has 5 heteroatoms. The molecule has 0 saturated carbocycles. The molecule has 0 amide bonds. The van der Waals surface area contributed by atoms with Crippen molar-refractivity contribution in [2.45, 2.75) is 5.92 Å². The molecule has 0 heterocycles. The number of ketones is 1. The van der Waals surface area contributed by atoms with Gasteiger partial charge in [-0.2, -0.15) is 5.26 Å². The molecule has 0 aliphatic carbocycles. The Bertz CT molecular complexity index is 724. The van der Waals surface area contributed by atoms with Crippen LogP contribution in [0.2, 0.25) is 5.02 Å². The van der Waals surface area contributed by atoms with Gasteiger partial charge in [0, 0.05) is 20.6 Å². The fourth-order valence-electron chi connectivity index (χ4n) is 2.01. The van der Waals surface area contributed by atoms with E-state index in [-0.39, 0.29) is 5.78 Å². The second kappa shape index (κ2) is 6.75. The summed E-state index contributed by atoms with van der Waals surface area (Å²) in [6.45, 7) is 0. The maximum atomic E-state index is 12.6. The van der Waals surface area contributed by atoms with Gasteiger partial charge in [0.25, 0.3) is 0 Å². The monoisotopic (exact) mass is 363 g/mol. The van der Waals surface area contributed by atoms with Crippen LogP contribution in [0, 0.1) is 11.3 Å². The Labute approximate surface area is 136 Å². The zero-order valence-electron chi connectivity index (χ0n) is 11.1. The van der Waals surface area contributed by atoms with Crippen molar-refractivity contribution in [3.05, 3.63) is 63.1 Å². The van der Waals surface area contributed by atoms with Crippen molar-refractivity contribution < 1.29 is 9.53 Å². The number of ether oxygens (including phenoxy) is 1. The third-order valence-corrected chi connectivity index (χ3v) is 3.73. The highest BCUT2D eigenvalue weighted by molar-refractivity contribution is 9.10. The van der Waals surface area contributed by atoms with E-state index in [2.05, 4.69) is 15.9 Å². The number of hydrogen-bond donors (Lipinski definition) is 0. The highest BCUT2D eigenvalue weighted by Gasteiger charge is 2.25. The molecule has 0 spiro atoms. The first-order valence-corrected chi connectivity index (χ1v) is 7.26. The lowest BCUT2D eigenvalue weighted by atomic mass is 9.91. The van der Waals surface area contributed by atoms with Crippen LogP contribution < -0.4 is 4.74 Å². The Kier molecular flexibility index (Phi) is 5.00. The Morgan fingerprint density at radius 2 is 2.10 bits per heavy atom. The molecule has 2 aromatic carbocycles. The summed E-state index contributed by atoms with van der Waals surface area (Å²) in [5.74, 6) is -0.790. The average Bonchev–Trinajstić information content (AvgIpc) is 2.48. The Hall–Kier alpha value is -1.83. The van der Waals surface area contributed by atoms with Gasteiger partial charge in [0.15, 0.2) is 5.78 Å². The van der Waals surface area contributed by atoms with Gasteiger partial charge in [0.2, 0.25) is 0 Å². The summed E-state index contributed by atoms with van der Waals surface area (Å²) in [6.07, 6.45) is 0. The van der Waals surface area contributed by atoms with Crippen molar-refractivity contribution in [2.24, 2.45) is 0 Å². The van der Waals surface area contributed by atoms with Crippen molar-refractivity contribution in [1.29, 1.82) is 5.26 Å². The van der Waals surface area contributed by atoms with E-state index in [1.54, 1.807) is 36.4 Å². The second-order valence-electron chi connectivity index (χ2n) is 4.32. The number of rotatable bonds is 4. The minimum absolute atomic E-state index is 0.292. The van der Waals surface area contributed by atoms with Gasteiger partial charge in [-0.1, -0.05) is 39.7 Å². The molecule has 0 N–H and O–H groups in total. The smallest absolute Gasteiger partial charge is 0.184 e. The molecule has 2 rings (SSSR count). The summed E-state index contributed by atoms with van der Waals surface area (Å²) >= 11 is 9.28. The van der Waals surface area contributed by atoms with E-state index in [9.17, 15) is 10.1 Å². The molecule has 0 aromatic heterocycles. The first-order valence-electron chi connectivity index (χ1n) is 6.09. The standard InChI is InChI=1S/C16H11BrClNO2/c1-21-15-6-5-12(18)8-13(15)14(9-19)16(20)10-3-2-4-11(17)7-10/h2-8,14H,1H3. The first kappa shape index (κ1) is 15.6. The third-order valence-electron chi connectivity index (χ3n) is 3.00. The van der Waals surface area contributed by atoms with Crippen molar-refractivity contribution in [1.82, 2.24) is 0 Å². The number of nitriles is 1. The highest BCUT2D eigenvalue weighted by atomic mass is 79.9. The predicted molar refractivity (Wildman–Crippen MR) is 84.8 cm³/mol. The van der Waals surface area contributed by atoms with Crippen LogP contribution in [0.1, 0.15) is 21.8 Å². The SMILES string of the molecule is COc1ccc(Cl)cc1C(C#N)C(=O)c1cccc(Br)c1. The van der Waals surface area contributed by atoms with Gasteiger partial charge in [-0.3, -0.25) is 4.79 Å². The topological polar surface area (TPSA) is 50.1 Å². The van der Waals surface area contributed by atoms with Crippen LogP contribution in [0.3, 0.4) is 0 Å². The van der Waals surface area contributed by atoms with Crippen LogP contribution in [-0.2, 0) is 0 Å². The van der Waals surface area contributed by atoms with Crippen molar-refractivity contribution in [3.63, 3.8) is 0 Å². The van der Waals surface area contributed by atoms with Crippen molar-refractivity contribution in [3.8, 4) is 11.8 Å². The first-order chi connectivity index (χ1) is 10.1. The van der Waals surface area contributed by atoms with Gasteiger partial charge in [-0.15, -0.1) is 0 Å². The molecular weight excluding hydrogens is 354 g/mol. The highest BCUT2D eigenvalue weighted by Crippen LogP contribution is 2.31. The molecule has 1 unspecified atom stereocenters. The maximum Gasteiger partial charge on any atom is 0.184 e. The number of carbonyl (C=O) groups is 1. The Morgan fingerprint density at radius 3 is 2.71 bits per heavy atom. The Morgan fingerprint density at radius 1 is 1.33 bits per heavy atom. The molecule has 0 aliphatic heterocycles. The zero-order chi connectivity index (χ0) is 15.4. The fraction of sp³-hybridized carbons (Fsp3) is 0.125. The van der Waals surface area contributed by atoms with Gasteiger partial charge in [0.05, 0.1) is 13.2 Å². The van der Waals surface area contributed by atoms with E-state index in [0.29, 0.717) is 21.9 Å². The summed E-state index contributed by atoms with van der Waals surface area (Å²) in [6, 6.07) is 13.9. The normalized spacial score (nSPS) is 11.5. The number of benzene rings is 2. The number of halogens is 2. The van der Waals surface area contributed by atoms with E-state index in [1.807, 2.05) is 12.1 Å². The van der Waals surface area contributed by atoms with Gasteiger partial charge in [0.1, 0.15) is 11.7 Å². The largest absolute Gasteiger partial charge is 0.496 e. The lowest BCUT2D eigenvalue weighted by Crippen LogP contribution is -2.12. The van der Waals surface area contributed by atoms with Gasteiger partial charge < -0.3 is 4.74 Å². The molecule has 0 radical (unpaired) electrons. The molecule has 21 heavy (non-hydrogen) atoms. The van der Waals surface area contributed by atoms with E-state index >= 15 is 0 Å². The maximum absolute atomic E-state index is 12.6. The van der Waals surface area contributed by atoms with Crippen LogP contribution in [0.4, 0.5) is 0 Å². The van der Waals surface area contributed by atoms with Gasteiger partial charge >= 0.3 is 0 Å². The van der Waals surface area contributed by atoms with Crippen LogP contribution in [0.25, 0.3) is 0 Å². The minimum atomic E-state index is -0.965. The van der Waals surface area contributed by atoms with E-state index in [0.717, 1.165) is 4.47 Å². The summed E-state index contributed by atoms with van der Waals surface area (Å²) in [7, 11) is 1.49. The van der Waals surface area contributed by atoms with E-state index < -0.39 is 5.92 Å². The van der Waals surface area contributed by atoms with Crippen LogP contribution >= 0.6 is 27.5 Å². The summed E-state index contributed by atoms with van der Waals surface area (Å²) < 4.78 is 6.00. The molecule has 106 valence electrons. The molecule has 1 atom stereocenters. The number of methoxy groups -OCH3 is 1. The van der Waals surface area contributed by atoms with Crippen LogP contribution in [-0.4, -0.2) is 12.9 Å². The molecule has 2 aromatic rings. The molecule has 3 nitrogen and oxygen atoms in total. The number of carbonyl (C=O) groups excluding carboxylic acids is 1. The lowest BCUT2D eigenvalue weighted by Gasteiger charge is -2.13. The second-order valence-corrected chi connectivity index (χ2v) is 5.68. The third kappa shape index (κ3) is 3.44. The predicted octanol–water partition coefficient (Wildman–Crippen LogP) is 4.60. The molecule has 0 fully saturated rings. The molecule has 0 bridgehead atoms. The minimum Gasteiger partial charge on any atom is -0.496 e.